The van der Waals surface area contributed by atoms with Crippen LogP contribution in [0.1, 0.15) is 64.7 Å². The maximum Gasteiger partial charge on any atom is 0.248 e. The molecule has 1 N–H and O–H groups in total. The van der Waals surface area contributed by atoms with Crippen LogP contribution in [-0.4, -0.2) is 18.5 Å². The number of hydrogen-bond donors (Lipinski definition) is 1. The van der Waals surface area contributed by atoms with Crippen LogP contribution in [0.2, 0.25) is 0 Å². The Morgan fingerprint density at radius 2 is 1.78 bits per heavy atom. The Hall–Kier alpha value is -0.180. The first-order chi connectivity index (χ1) is 8.57. The maximum absolute atomic E-state index is 13.1. The number of alkyl halides is 2. The first-order valence-electron chi connectivity index (χ1n) is 7.68. The Morgan fingerprint density at radius 3 is 2.33 bits per heavy atom. The van der Waals surface area contributed by atoms with E-state index in [1.54, 1.807) is 0 Å². The summed E-state index contributed by atoms with van der Waals surface area (Å²) in [6.07, 6.45) is 8.95. The number of halogens is 2. The van der Waals surface area contributed by atoms with Crippen molar-refractivity contribution in [3.8, 4) is 0 Å². The molecule has 0 amide bonds. The van der Waals surface area contributed by atoms with Crippen LogP contribution in [0.15, 0.2) is 0 Å². The highest BCUT2D eigenvalue weighted by Gasteiger charge is 2.39. The summed E-state index contributed by atoms with van der Waals surface area (Å²) in [6, 6.07) is 0.498. The lowest BCUT2D eigenvalue weighted by molar-refractivity contribution is 0.00492. The van der Waals surface area contributed by atoms with E-state index < -0.39 is 5.92 Å². The molecule has 0 saturated heterocycles. The third-order valence-corrected chi connectivity index (χ3v) is 4.84. The van der Waals surface area contributed by atoms with Gasteiger partial charge in [-0.3, -0.25) is 0 Å². The highest BCUT2D eigenvalue weighted by molar-refractivity contribution is 4.84. The molecule has 0 bridgehead atoms. The SMILES string of the molecule is C[C@@H](NCC1CCC(F)(F)C1)C1CCCCCC1. The molecule has 2 rings (SSSR count). The Bertz CT molecular complexity index is 247. The molecule has 0 radical (unpaired) electrons. The third kappa shape index (κ3) is 4.18. The van der Waals surface area contributed by atoms with Gasteiger partial charge in [0.15, 0.2) is 0 Å². The lowest BCUT2D eigenvalue weighted by atomic mass is 9.92. The number of nitrogens with one attached hydrogen (secondary N) is 1. The van der Waals surface area contributed by atoms with Crippen LogP contribution >= 0.6 is 0 Å². The predicted octanol–water partition coefficient (Wildman–Crippen LogP) is 4.37. The van der Waals surface area contributed by atoms with E-state index in [1.165, 1.54) is 38.5 Å². The molecule has 2 aliphatic carbocycles. The minimum atomic E-state index is -2.39. The molecule has 0 aromatic carbocycles. The predicted molar refractivity (Wildman–Crippen MR) is 70.9 cm³/mol. The second-order valence-electron chi connectivity index (χ2n) is 6.41. The highest BCUT2D eigenvalue weighted by atomic mass is 19.3. The van der Waals surface area contributed by atoms with Gasteiger partial charge in [-0.25, -0.2) is 8.78 Å². The molecule has 1 nitrogen and oxygen atoms in total. The molecular formula is C15H27F2N. The highest BCUT2D eigenvalue weighted by Crippen LogP contribution is 2.38. The molecule has 18 heavy (non-hydrogen) atoms. The van der Waals surface area contributed by atoms with Gasteiger partial charge in [-0.05, 0) is 44.6 Å². The molecule has 0 aliphatic heterocycles. The van der Waals surface area contributed by atoms with Crippen LogP contribution in [0.4, 0.5) is 8.78 Å². The lowest BCUT2D eigenvalue weighted by Crippen LogP contribution is -2.36. The summed E-state index contributed by atoms with van der Waals surface area (Å²) in [4.78, 5) is 0. The van der Waals surface area contributed by atoms with Gasteiger partial charge in [-0.15, -0.1) is 0 Å². The molecule has 0 aromatic rings. The van der Waals surface area contributed by atoms with Gasteiger partial charge < -0.3 is 5.32 Å². The minimum Gasteiger partial charge on any atom is -0.314 e. The van der Waals surface area contributed by atoms with Gasteiger partial charge in [0.2, 0.25) is 5.92 Å². The quantitative estimate of drug-likeness (QED) is 0.739. The van der Waals surface area contributed by atoms with Crippen LogP contribution in [-0.2, 0) is 0 Å². The van der Waals surface area contributed by atoms with E-state index in [-0.39, 0.29) is 18.8 Å². The fourth-order valence-electron chi connectivity index (χ4n) is 3.55. The first kappa shape index (κ1) is 14.2. The van der Waals surface area contributed by atoms with E-state index in [2.05, 4.69) is 12.2 Å². The van der Waals surface area contributed by atoms with E-state index in [1.807, 2.05) is 0 Å². The zero-order valence-electron chi connectivity index (χ0n) is 11.6. The molecule has 1 unspecified atom stereocenters. The van der Waals surface area contributed by atoms with Crippen molar-refractivity contribution in [1.29, 1.82) is 0 Å². The van der Waals surface area contributed by atoms with Crippen LogP contribution in [0.5, 0.6) is 0 Å². The molecule has 3 heteroatoms. The van der Waals surface area contributed by atoms with Crippen molar-refractivity contribution in [2.45, 2.75) is 76.7 Å². The van der Waals surface area contributed by atoms with Crippen molar-refractivity contribution in [1.82, 2.24) is 5.32 Å². The van der Waals surface area contributed by atoms with Gasteiger partial charge in [-0.1, -0.05) is 25.7 Å². The van der Waals surface area contributed by atoms with Crippen LogP contribution in [0.25, 0.3) is 0 Å². The summed E-state index contributed by atoms with van der Waals surface area (Å²) in [5.74, 6) is -1.44. The topological polar surface area (TPSA) is 12.0 Å². The maximum atomic E-state index is 13.1. The lowest BCUT2D eigenvalue weighted by Gasteiger charge is -2.25. The molecule has 0 heterocycles. The van der Waals surface area contributed by atoms with E-state index in [9.17, 15) is 8.78 Å². The average Bonchev–Trinajstić information content (AvgIpc) is 2.57. The van der Waals surface area contributed by atoms with Gasteiger partial charge in [0.25, 0.3) is 0 Å². The Labute approximate surface area is 110 Å². The van der Waals surface area contributed by atoms with Crippen LogP contribution < -0.4 is 5.32 Å². The zero-order valence-corrected chi connectivity index (χ0v) is 11.6. The first-order valence-corrected chi connectivity index (χ1v) is 7.68. The van der Waals surface area contributed by atoms with Gasteiger partial charge in [0.1, 0.15) is 0 Å². The van der Waals surface area contributed by atoms with Crippen molar-refractivity contribution in [2.75, 3.05) is 6.54 Å². The molecule has 2 aliphatic rings. The second kappa shape index (κ2) is 6.31. The smallest absolute Gasteiger partial charge is 0.248 e. The van der Waals surface area contributed by atoms with E-state index in [4.69, 9.17) is 0 Å². The normalized spacial score (nSPS) is 31.2. The summed E-state index contributed by atoms with van der Waals surface area (Å²) < 4.78 is 26.2. The fourth-order valence-corrected chi connectivity index (χ4v) is 3.55. The standard InChI is InChI=1S/C15H27F2N/c1-12(14-6-4-2-3-5-7-14)18-11-13-8-9-15(16,17)10-13/h12-14,18H,2-11H2,1H3/t12-,13?/m1/s1. The summed E-state index contributed by atoms with van der Waals surface area (Å²) in [7, 11) is 0. The Kier molecular flexibility index (Phi) is 4.99. The molecule has 2 atom stereocenters. The van der Waals surface area contributed by atoms with E-state index in [0.29, 0.717) is 12.5 Å². The summed E-state index contributed by atoms with van der Waals surface area (Å²) in [6.45, 7) is 3.02. The van der Waals surface area contributed by atoms with Crippen LogP contribution in [0.3, 0.4) is 0 Å². The average molecular weight is 259 g/mol. The monoisotopic (exact) mass is 259 g/mol. The summed E-state index contributed by atoms with van der Waals surface area (Å²) in [5.41, 5.74) is 0. The van der Waals surface area contributed by atoms with Gasteiger partial charge in [0.05, 0.1) is 0 Å². The van der Waals surface area contributed by atoms with Gasteiger partial charge in [0, 0.05) is 18.9 Å². The van der Waals surface area contributed by atoms with Gasteiger partial charge in [-0.2, -0.15) is 0 Å². The zero-order chi connectivity index (χ0) is 13.0. The Morgan fingerprint density at radius 1 is 1.11 bits per heavy atom. The Balaban J connectivity index is 1.69. The largest absolute Gasteiger partial charge is 0.314 e. The number of rotatable bonds is 4. The number of hydrogen-bond acceptors (Lipinski definition) is 1. The second-order valence-corrected chi connectivity index (χ2v) is 6.41. The van der Waals surface area contributed by atoms with E-state index >= 15 is 0 Å². The molecular weight excluding hydrogens is 232 g/mol. The molecule has 0 spiro atoms. The molecule has 2 fully saturated rings. The van der Waals surface area contributed by atoms with Crippen LogP contribution in [0, 0.1) is 11.8 Å². The minimum absolute atomic E-state index is 0.0944. The van der Waals surface area contributed by atoms with Crippen molar-refractivity contribution >= 4 is 0 Å². The third-order valence-electron chi connectivity index (χ3n) is 4.84. The van der Waals surface area contributed by atoms with Crippen molar-refractivity contribution in [3.63, 3.8) is 0 Å². The molecule has 2 saturated carbocycles. The van der Waals surface area contributed by atoms with Crippen molar-refractivity contribution in [3.05, 3.63) is 0 Å². The fraction of sp³-hybridized carbons (Fsp3) is 1.00. The summed E-state index contributed by atoms with van der Waals surface area (Å²) >= 11 is 0. The van der Waals surface area contributed by atoms with Crippen molar-refractivity contribution < 1.29 is 8.78 Å². The van der Waals surface area contributed by atoms with E-state index in [0.717, 1.165) is 12.5 Å². The van der Waals surface area contributed by atoms with Crippen molar-refractivity contribution in [2.24, 2.45) is 11.8 Å². The molecule has 0 aromatic heterocycles. The van der Waals surface area contributed by atoms with Gasteiger partial charge >= 0.3 is 0 Å². The summed E-state index contributed by atoms with van der Waals surface area (Å²) in [5, 5.41) is 3.53. The molecule has 106 valence electrons.